The summed E-state index contributed by atoms with van der Waals surface area (Å²) in [7, 11) is 0. The minimum Gasteiger partial charge on any atom is -0.343 e. The van der Waals surface area contributed by atoms with Crippen molar-refractivity contribution < 1.29 is 4.79 Å². The van der Waals surface area contributed by atoms with Gasteiger partial charge in [-0.1, -0.05) is 29.1 Å². The Bertz CT molecular complexity index is 533. The van der Waals surface area contributed by atoms with E-state index < -0.39 is 17.5 Å². The van der Waals surface area contributed by atoms with Crippen molar-refractivity contribution in [2.45, 2.75) is 13.0 Å². The lowest BCUT2D eigenvalue weighted by Gasteiger charge is -2.13. The van der Waals surface area contributed by atoms with E-state index >= 15 is 0 Å². The number of amides is 1. The fourth-order valence-electron chi connectivity index (χ4n) is 1.11. The van der Waals surface area contributed by atoms with Gasteiger partial charge in [-0.05, 0) is 6.92 Å². The van der Waals surface area contributed by atoms with E-state index in [1.807, 2.05) is 0 Å². The third-order valence-electron chi connectivity index (χ3n) is 2.06. The molecule has 0 aliphatic rings. The van der Waals surface area contributed by atoms with Gasteiger partial charge in [0.05, 0.1) is 6.54 Å². The van der Waals surface area contributed by atoms with E-state index in [4.69, 9.17) is 29.6 Å². The van der Waals surface area contributed by atoms with Crippen LogP contribution in [0.4, 0.5) is 0 Å². The number of nitrogens with one attached hydrogen (secondary N) is 1. The molecule has 0 bridgehead atoms. The van der Waals surface area contributed by atoms with Crippen molar-refractivity contribution in [3.05, 3.63) is 26.9 Å². The van der Waals surface area contributed by atoms with Crippen molar-refractivity contribution in [3.63, 3.8) is 0 Å². The number of halogens is 2. The number of hydrogen-bond acceptors (Lipinski definition) is 3. The van der Waals surface area contributed by atoms with E-state index in [0.717, 1.165) is 10.9 Å². The fraction of sp³-hybridized carbons (Fsp3) is 0.300. The molecule has 1 aromatic rings. The number of carbonyl (C=O) groups excluding carboxylic acids is 1. The highest BCUT2D eigenvalue weighted by molar-refractivity contribution is 6.40. The summed E-state index contributed by atoms with van der Waals surface area (Å²) in [5.74, 6) is 1.86. The molecule has 17 heavy (non-hydrogen) atoms. The number of aromatic nitrogens is 2. The monoisotopic (exact) mass is 273 g/mol. The molecular formula is C10H9Cl2N3O2. The summed E-state index contributed by atoms with van der Waals surface area (Å²) in [6.07, 6.45) is 6.17. The lowest BCUT2D eigenvalue weighted by molar-refractivity contribution is -0.123. The maximum Gasteiger partial charge on any atom is 0.274 e. The van der Waals surface area contributed by atoms with E-state index in [1.54, 1.807) is 0 Å². The van der Waals surface area contributed by atoms with Gasteiger partial charge in [-0.15, -0.1) is 6.42 Å². The van der Waals surface area contributed by atoms with Crippen molar-refractivity contribution in [3.8, 4) is 12.3 Å². The predicted molar refractivity (Wildman–Crippen MR) is 65.1 cm³/mol. The lowest BCUT2D eigenvalue weighted by Crippen LogP contribution is -2.36. The molecule has 7 heteroatoms. The van der Waals surface area contributed by atoms with Crippen LogP contribution < -0.4 is 10.9 Å². The molecule has 1 heterocycles. The zero-order valence-electron chi connectivity index (χ0n) is 8.91. The average Bonchev–Trinajstić information content (AvgIpc) is 2.32. The van der Waals surface area contributed by atoms with Crippen molar-refractivity contribution in [1.82, 2.24) is 14.9 Å². The quantitative estimate of drug-likeness (QED) is 0.656. The molecule has 5 nitrogen and oxygen atoms in total. The van der Waals surface area contributed by atoms with Gasteiger partial charge in [0.2, 0.25) is 5.91 Å². The Morgan fingerprint density at radius 2 is 2.35 bits per heavy atom. The second-order valence-corrected chi connectivity index (χ2v) is 3.90. The topological polar surface area (TPSA) is 64.0 Å². The zero-order chi connectivity index (χ0) is 13.0. The summed E-state index contributed by atoms with van der Waals surface area (Å²) in [6.45, 7) is 1.62. The predicted octanol–water partition coefficient (Wildman–Crippen LogP) is 0.860. The molecule has 1 rings (SSSR count). The van der Waals surface area contributed by atoms with Gasteiger partial charge in [0, 0.05) is 0 Å². The van der Waals surface area contributed by atoms with Gasteiger partial charge in [0.25, 0.3) is 5.56 Å². The van der Waals surface area contributed by atoms with Gasteiger partial charge in [0.15, 0.2) is 5.15 Å². The highest BCUT2D eigenvalue weighted by atomic mass is 35.5. The molecule has 90 valence electrons. The summed E-state index contributed by atoms with van der Waals surface area (Å²) in [4.78, 5) is 27.0. The van der Waals surface area contributed by atoms with Crippen LogP contribution in [0.3, 0.4) is 0 Å². The van der Waals surface area contributed by atoms with E-state index in [2.05, 4.69) is 16.2 Å². The number of nitrogens with zero attached hydrogens (tertiary/aromatic N) is 2. The van der Waals surface area contributed by atoms with Gasteiger partial charge < -0.3 is 5.32 Å². The first-order valence-electron chi connectivity index (χ1n) is 4.62. The third kappa shape index (κ3) is 2.99. The van der Waals surface area contributed by atoms with E-state index in [-0.39, 0.29) is 16.7 Å². The van der Waals surface area contributed by atoms with Crippen molar-refractivity contribution in [2.75, 3.05) is 6.54 Å². The van der Waals surface area contributed by atoms with E-state index in [1.165, 1.54) is 6.92 Å². The minimum atomic E-state index is -0.766. The molecule has 0 spiro atoms. The second kappa shape index (κ2) is 5.71. The Morgan fingerprint density at radius 3 is 2.94 bits per heavy atom. The first-order valence-corrected chi connectivity index (χ1v) is 5.38. The smallest absolute Gasteiger partial charge is 0.274 e. The van der Waals surface area contributed by atoms with Gasteiger partial charge in [-0.25, -0.2) is 4.98 Å². The van der Waals surface area contributed by atoms with Crippen LogP contribution in [0.2, 0.25) is 10.2 Å². The molecule has 0 aromatic carbocycles. The first kappa shape index (κ1) is 13.6. The molecule has 0 fully saturated rings. The van der Waals surface area contributed by atoms with Crippen LogP contribution in [0, 0.1) is 12.3 Å². The molecule has 0 saturated carbocycles. The Balaban J connectivity index is 3.02. The minimum absolute atomic E-state index is 0.0900. The Kier molecular flexibility index (Phi) is 4.55. The summed E-state index contributed by atoms with van der Waals surface area (Å²) in [5, 5.41) is 2.14. The Labute approximate surface area is 108 Å². The lowest BCUT2D eigenvalue weighted by atomic mass is 10.3. The third-order valence-corrected chi connectivity index (χ3v) is 2.78. The number of hydrogen-bond donors (Lipinski definition) is 1. The Hall–Kier alpha value is -1.51. The number of rotatable bonds is 3. The number of carbonyl (C=O) groups is 1. The maximum absolute atomic E-state index is 11.7. The second-order valence-electron chi connectivity index (χ2n) is 3.16. The zero-order valence-corrected chi connectivity index (χ0v) is 10.4. The molecule has 0 radical (unpaired) electrons. The van der Waals surface area contributed by atoms with Crippen LogP contribution in [0.25, 0.3) is 0 Å². The Morgan fingerprint density at radius 1 is 1.71 bits per heavy atom. The van der Waals surface area contributed by atoms with Crippen LogP contribution in [0.15, 0.2) is 11.1 Å². The average molecular weight is 274 g/mol. The van der Waals surface area contributed by atoms with Crippen LogP contribution in [-0.4, -0.2) is 22.0 Å². The standard InChI is InChI=1S/C10H9Cl2N3O2/c1-3-4-13-9(16)6(2)15-5-14-8(12)7(11)10(15)17/h1,5-6H,4H2,2H3,(H,13,16). The number of terminal acetylenes is 1. The molecule has 0 aliphatic carbocycles. The van der Waals surface area contributed by atoms with Crippen LogP contribution in [-0.2, 0) is 4.79 Å². The maximum atomic E-state index is 11.7. The molecule has 1 N–H and O–H groups in total. The summed E-state index contributed by atoms with van der Waals surface area (Å²) < 4.78 is 1.08. The molecular weight excluding hydrogens is 265 g/mol. The van der Waals surface area contributed by atoms with Crippen LogP contribution in [0.5, 0.6) is 0 Å². The summed E-state index contributed by atoms with van der Waals surface area (Å²) in [6, 6.07) is -0.766. The normalized spacial score (nSPS) is 11.6. The highest BCUT2D eigenvalue weighted by Crippen LogP contribution is 2.14. The van der Waals surface area contributed by atoms with Gasteiger partial charge >= 0.3 is 0 Å². The molecule has 1 unspecified atom stereocenters. The van der Waals surface area contributed by atoms with Crippen LogP contribution in [0.1, 0.15) is 13.0 Å². The fourth-order valence-corrected chi connectivity index (χ4v) is 1.38. The largest absolute Gasteiger partial charge is 0.343 e. The van der Waals surface area contributed by atoms with E-state index in [0.29, 0.717) is 0 Å². The first-order chi connectivity index (χ1) is 7.99. The van der Waals surface area contributed by atoms with Crippen LogP contribution >= 0.6 is 23.2 Å². The van der Waals surface area contributed by atoms with Gasteiger partial charge in [-0.2, -0.15) is 0 Å². The highest BCUT2D eigenvalue weighted by Gasteiger charge is 2.18. The van der Waals surface area contributed by atoms with Crippen molar-refractivity contribution in [2.24, 2.45) is 0 Å². The van der Waals surface area contributed by atoms with Gasteiger partial charge in [-0.3, -0.25) is 14.2 Å². The molecule has 1 aromatic heterocycles. The van der Waals surface area contributed by atoms with Crippen molar-refractivity contribution >= 4 is 29.1 Å². The summed E-state index contributed by atoms with van der Waals surface area (Å²) >= 11 is 11.2. The van der Waals surface area contributed by atoms with Crippen molar-refractivity contribution in [1.29, 1.82) is 0 Å². The SMILES string of the molecule is C#CCNC(=O)C(C)n1cnc(Cl)c(Cl)c1=O. The van der Waals surface area contributed by atoms with E-state index in [9.17, 15) is 9.59 Å². The molecule has 1 amide bonds. The van der Waals surface area contributed by atoms with Gasteiger partial charge in [0.1, 0.15) is 17.4 Å². The summed E-state index contributed by atoms with van der Waals surface area (Å²) in [5.41, 5.74) is -0.574. The molecule has 1 atom stereocenters. The molecule has 0 aliphatic heterocycles. The molecule has 0 saturated heterocycles.